The van der Waals surface area contributed by atoms with Crippen LogP contribution < -0.4 is 16.8 Å². The normalized spacial score (nSPS) is 10.7. The molecule has 0 spiro atoms. The molecule has 3 aromatic heterocycles. The summed E-state index contributed by atoms with van der Waals surface area (Å²) in [4.78, 5) is 51.0. The van der Waals surface area contributed by atoms with E-state index < -0.39 is 0 Å². The lowest BCUT2D eigenvalue weighted by Crippen LogP contribution is -2.39. The molecule has 0 unspecified atom stereocenters. The van der Waals surface area contributed by atoms with Crippen LogP contribution in [0.1, 0.15) is 31.7 Å². The van der Waals surface area contributed by atoms with E-state index in [9.17, 15) is 19.2 Å². The Morgan fingerprint density at radius 1 is 0.971 bits per heavy atom. The number of ketones is 1. The smallest absolute Gasteiger partial charge is 0.328 e. The highest BCUT2D eigenvalue weighted by Gasteiger charge is 2.14. The minimum absolute atomic E-state index is 0.00167. The molecule has 0 aliphatic heterocycles. The molecule has 3 heterocycles. The summed E-state index contributed by atoms with van der Waals surface area (Å²) >= 11 is 0. The van der Waals surface area contributed by atoms with Gasteiger partial charge < -0.3 is 9.36 Å². The third kappa shape index (κ3) is 5.48. The summed E-state index contributed by atoms with van der Waals surface area (Å²) in [6.07, 6.45) is 5.14. The zero-order valence-electron chi connectivity index (χ0n) is 19.9. The Kier molecular flexibility index (Phi) is 7.78. The maximum absolute atomic E-state index is 12.3. The monoisotopic (exact) mass is 463 g/mol. The Labute approximate surface area is 196 Å². The first kappa shape index (κ1) is 24.6. The van der Waals surface area contributed by atoms with E-state index in [1.165, 1.54) is 22.4 Å². The number of para-hydroxylation sites is 1. The topological polar surface area (TPSA) is 101 Å². The SMILES string of the molecule is CC(=O)CCCCn1c(=O)c2c(ncn2C)n(C)c1=O.Cc1ccc(=O)n(-c2ccccc2)c1. The lowest BCUT2D eigenvalue weighted by Gasteiger charge is -2.08. The predicted octanol–water partition coefficient (Wildman–Crippen LogP) is 2.34. The van der Waals surface area contributed by atoms with E-state index >= 15 is 0 Å². The molecule has 0 fully saturated rings. The van der Waals surface area contributed by atoms with Gasteiger partial charge in [0.25, 0.3) is 11.1 Å². The number of carbonyl (C=O) groups excluding carboxylic acids is 1. The number of pyridine rings is 1. The number of hydrogen-bond acceptors (Lipinski definition) is 5. The lowest BCUT2D eigenvalue weighted by atomic mass is 10.2. The van der Waals surface area contributed by atoms with Crippen LogP contribution in [0.15, 0.2) is 69.4 Å². The summed E-state index contributed by atoms with van der Waals surface area (Å²) in [6, 6.07) is 13.0. The Hall–Kier alpha value is -4.01. The van der Waals surface area contributed by atoms with Crippen molar-refractivity contribution in [3.63, 3.8) is 0 Å². The fourth-order valence-electron chi connectivity index (χ4n) is 3.62. The summed E-state index contributed by atoms with van der Waals surface area (Å²) in [5, 5.41) is 0. The molecule has 0 radical (unpaired) electrons. The van der Waals surface area contributed by atoms with Gasteiger partial charge in [-0.2, -0.15) is 0 Å². The predicted molar refractivity (Wildman–Crippen MR) is 132 cm³/mol. The highest BCUT2D eigenvalue weighted by Crippen LogP contribution is 2.05. The highest BCUT2D eigenvalue weighted by atomic mass is 16.2. The number of carbonyl (C=O) groups is 1. The van der Waals surface area contributed by atoms with E-state index in [0.717, 1.165) is 11.3 Å². The van der Waals surface area contributed by atoms with Crippen LogP contribution in [-0.2, 0) is 25.4 Å². The molecule has 4 rings (SSSR count). The van der Waals surface area contributed by atoms with Crippen molar-refractivity contribution >= 4 is 16.9 Å². The molecule has 34 heavy (non-hydrogen) atoms. The summed E-state index contributed by atoms with van der Waals surface area (Å²) in [7, 11) is 3.32. The van der Waals surface area contributed by atoms with Crippen LogP contribution in [0.5, 0.6) is 0 Å². The lowest BCUT2D eigenvalue weighted by molar-refractivity contribution is -0.117. The number of nitrogens with zero attached hydrogens (tertiary/aromatic N) is 5. The van der Waals surface area contributed by atoms with E-state index in [2.05, 4.69) is 4.98 Å². The molecule has 0 atom stereocenters. The molecule has 1 aromatic carbocycles. The minimum Gasteiger partial charge on any atom is -0.328 e. The van der Waals surface area contributed by atoms with Crippen LogP contribution in [0.25, 0.3) is 16.9 Å². The maximum Gasteiger partial charge on any atom is 0.332 e. The number of benzene rings is 1. The zero-order valence-corrected chi connectivity index (χ0v) is 19.9. The molecule has 9 nitrogen and oxygen atoms in total. The highest BCUT2D eigenvalue weighted by molar-refractivity contribution is 5.75. The van der Waals surface area contributed by atoms with Crippen molar-refractivity contribution < 1.29 is 4.79 Å². The number of rotatable bonds is 6. The summed E-state index contributed by atoms with van der Waals surface area (Å²) in [6.45, 7) is 3.83. The molecule has 4 aromatic rings. The molecule has 0 N–H and O–H groups in total. The van der Waals surface area contributed by atoms with Gasteiger partial charge in [-0.05, 0) is 44.4 Å². The molecule has 0 aliphatic rings. The number of imidazole rings is 1. The van der Waals surface area contributed by atoms with Gasteiger partial charge in [-0.1, -0.05) is 24.3 Å². The van der Waals surface area contributed by atoms with Gasteiger partial charge in [0.05, 0.1) is 6.33 Å². The van der Waals surface area contributed by atoms with Crippen LogP contribution in [-0.4, -0.2) is 29.0 Å². The molecular formula is C25H29N5O4. The third-order valence-corrected chi connectivity index (χ3v) is 5.45. The first-order chi connectivity index (χ1) is 16.2. The standard InChI is InChI=1S/C13H18N4O3.C12H11NO/c1-9(18)6-4-5-7-17-12(19)10-11(14-8-15(10)2)16(3)13(17)20;1-10-7-8-12(14)13(9-10)11-5-3-2-4-6-11/h8H,4-7H2,1-3H3;2-9H,1H3. The second-order valence-electron chi connectivity index (χ2n) is 8.24. The number of unbranched alkanes of at least 4 members (excludes halogenated alkanes) is 1. The van der Waals surface area contributed by atoms with E-state index in [1.807, 2.05) is 49.5 Å². The van der Waals surface area contributed by atoms with Gasteiger partial charge in [-0.25, -0.2) is 9.78 Å². The second-order valence-corrected chi connectivity index (χ2v) is 8.24. The van der Waals surface area contributed by atoms with Gasteiger partial charge in [0.1, 0.15) is 5.78 Å². The van der Waals surface area contributed by atoms with Gasteiger partial charge in [-0.3, -0.25) is 23.3 Å². The summed E-state index contributed by atoms with van der Waals surface area (Å²) < 4.78 is 5.85. The van der Waals surface area contributed by atoms with Crippen molar-refractivity contribution in [1.82, 2.24) is 23.3 Å². The van der Waals surface area contributed by atoms with Crippen LogP contribution in [0.2, 0.25) is 0 Å². The molecule has 178 valence electrons. The van der Waals surface area contributed by atoms with Crippen molar-refractivity contribution in [2.45, 2.75) is 39.7 Å². The van der Waals surface area contributed by atoms with Crippen LogP contribution in [0.3, 0.4) is 0 Å². The number of hydrogen-bond donors (Lipinski definition) is 0. The molecule has 0 saturated carbocycles. The van der Waals surface area contributed by atoms with E-state index in [-0.39, 0.29) is 22.6 Å². The van der Waals surface area contributed by atoms with Crippen LogP contribution in [0.4, 0.5) is 0 Å². The van der Waals surface area contributed by atoms with E-state index in [1.54, 1.807) is 29.3 Å². The Balaban J connectivity index is 0.000000202. The molecular weight excluding hydrogens is 434 g/mol. The Bertz CT molecular complexity index is 1480. The van der Waals surface area contributed by atoms with Crippen molar-refractivity contribution in [1.29, 1.82) is 0 Å². The molecule has 0 aliphatic carbocycles. The van der Waals surface area contributed by atoms with Gasteiger partial charge >= 0.3 is 5.69 Å². The first-order valence-corrected chi connectivity index (χ1v) is 11.1. The number of aromatic nitrogens is 5. The first-order valence-electron chi connectivity index (χ1n) is 11.1. The average molecular weight is 464 g/mol. The van der Waals surface area contributed by atoms with Crippen LogP contribution in [0, 0.1) is 6.92 Å². The fraction of sp³-hybridized carbons (Fsp3) is 0.320. The number of aryl methyl sites for hydroxylation is 3. The number of Topliss-reactive ketones (excluding diaryl/α,β-unsaturated/α-hetero) is 1. The Morgan fingerprint density at radius 3 is 2.35 bits per heavy atom. The summed E-state index contributed by atoms with van der Waals surface area (Å²) in [5.74, 6) is 0.118. The van der Waals surface area contributed by atoms with Gasteiger partial charge in [0.15, 0.2) is 11.2 Å². The fourth-order valence-corrected chi connectivity index (χ4v) is 3.62. The zero-order chi connectivity index (χ0) is 24.8. The average Bonchev–Trinajstić information content (AvgIpc) is 3.21. The second kappa shape index (κ2) is 10.7. The molecule has 9 heteroatoms. The minimum atomic E-state index is -0.371. The third-order valence-electron chi connectivity index (χ3n) is 5.45. The number of fused-ring (bicyclic) bond motifs is 1. The van der Waals surface area contributed by atoms with Gasteiger partial charge in [0.2, 0.25) is 0 Å². The van der Waals surface area contributed by atoms with E-state index in [0.29, 0.717) is 37.0 Å². The van der Waals surface area contributed by atoms with Gasteiger partial charge in [0, 0.05) is 45.0 Å². The Morgan fingerprint density at radius 2 is 1.68 bits per heavy atom. The largest absolute Gasteiger partial charge is 0.332 e. The molecule has 0 amide bonds. The van der Waals surface area contributed by atoms with Crippen molar-refractivity contribution in [2.24, 2.45) is 14.1 Å². The molecule has 0 saturated heterocycles. The van der Waals surface area contributed by atoms with Crippen molar-refractivity contribution in [2.75, 3.05) is 0 Å². The van der Waals surface area contributed by atoms with Crippen LogP contribution >= 0.6 is 0 Å². The summed E-state index contributed by atoms with van der Waals surface area (Å²) in [5.41, 5.74) is 2.09. The van der Waals surface area contributed by atoms with Crippen molar-refractivity contribution in [3.8, 4) is 5.69 Å². The van der Waals surface area contributed by atoms with Gasteiger partial charge in [-0.15, -0.1) is 0 Å². The van der Waals surface area contributed by atoms with E-state index in [4.69, 9.17) is 0 Å². The quantitative estimate of drug-likeness (QED) is 0.409. The maximum atomic E-state index is 12.3. The molecule has 0 bridgehead atoms. The van der Waals surface area contributed by atoms with Crippen molar-refractivity contribution in [3.05, 3.63) is 91.7 Å².